The Morgan fingerprint density at radius 1 is 1.30 bits per heavy atom. The standard InChI is InChI=1S/C16H29N3O/c1-5-10-17-14(4)16-9-8-15(13-18-16)19(6-2)11-12-20-7-3/h8-9,13-14,17H,5-7,10-12H2,1-4H3. The van der Waals surface area contributed by atoms with Gasteiger partial charge in [-0.25, -0.2) is 0 Å². The SMILES string of the molecule is CCCNC(C)c1ccc(N(CC)CCOCC)cn1. The van der Waals surface area contributed by atoms with Gasteiger partial charge in [-0.15, -0.1) is 0 Å². The van der Waals surface area contributed by atoms with Crippen molar-refractivity contribution in [3.8, 4) is 0 Å². The minimum absolute atomic E-state index is 0.308. The molecule has 1 aromatic heterocycles. The molecule has 114 valence electrons. The number of rotatable bonds is 10. The third kappa shape index (κ3) is 5.47. The number of nitrogens with one attached hydrogen (secondary N) is 1. The zero-order chi connectivity index (χ0) is 14.8. The van der Waals surface area contributed by atoms with Crippen molar-refractivity contribution in [1.82, 2.24) is 10.3 Å². The Bertz CT molecular complexity index is 353. The van der Waals surface area contributed by atoms with E-state index in [0.29, 0.717) is 6.04 Å². The first kappa shape index (κ1) is 16.9. The van der Waals surface area contributed by atoms with Crippen LogP contribution in [0.3, 0.4) is 0 Å². The summed E-state index contributed by atoms with van der Waals surface area (Å²) in [6.45, 7) is 13.0. The lowest BCUT2D eigenvalue weighted by Crippen LogP contribution is -2.27. The number of ether oxygens (including phenoxy) is 1. The van der Waals surface area contributed by atoms with Crippen molar-refractivity contribution in [3.63, 3.8) is 0 Å². The Hall–Kier alpha value is -1.13. The number of nitrogens with zero attached hydrogens (tertiary/aromatic N) is 2. The lowest BCUT2D eigenvalue weighted by molar-refractivity contribution is 0.154. The summed E-state index contributed by atoms with van der Waals surface area (Å²) >= 11 is 0. The number of hydrogen-bond donors (Lipinski definition) is 1. The van der Waals surface area contributed by atoms with Crippen molar-refractivity contribution in [2.75, 3.05) is 37.7 Å². The van der Waals surface area contributed by atoms with Crippen LogP contribution in [0, 0.1) is 0 Å². The van der Waals surface area contributed by atoms with Gasteiger partial charge in [-0.3, -0.25) is 4.98 Å². The van der Waals surface area contributed by atoms with Gasteiger partial charge in [0, 0.05) is 25.7 Å². The van der Waals surface area contributed by atoms with Crippen LogP contribution in [0.25, 0.3) is 0 Å². The molecule has 0 radical (unpaired) electrons. The van der Waals surface area contributed by atoms with E-state index in [-0.39, 0.29) is 0 Å². The van der Waals surface area contributed by atoms with Gasteiger partial charge >= 0.3 is 0 Å². The van der Waals surface area contributed by atoms with Gasteiger partial charge in [-0.1, -0.05) is 6.92 Å². The molecule has 0 bridgehead atoms. The fourth-order valence-corrected chi connectivity index (χ4v) is 2.09. The van der Waals surface area contributed by atoms with Crippen molar-refractivity contribution < 1.29 is 4.74 Å². The zero-order valence-corrected chi connectivity index (χ0v) is 13.4. The highest BCUT2D eigenvalue weighted by Gasteiger charge is 2.08. The Balaban J connectivity index is 2.58. The molecule has 0 aromatic carbocycles. The monoisotopic (exact) mass is 279 g/mol. The third-order valence-electron chi connectivity index (χ3n) is 3.37. The second kappa shape index (κ2) is 9.72. The maximum Gasteiger partial charge on any atom is 0.0641 e. The Morgan fingerprint density at radius 2 is 2.10 bits per heavy atom. The second-order valence-corrected chi connectivity index (χ2v) is 4.89. The highest BCUT2D eigenvalue weighted by molar-refractivity contribution is 5.44. The lowest BCUT2D eigenvalue weighted by Gasteiger charge is -2.23. The van der Waals surface area contributed by atoms with E-state index in [2.05, 4.69) is 48.1 Å². The first-order chi connectivity index (χ1) is 9.72. The first-order valence-corrected chi connectivity index (χ1v) is 7.74. The Labute approximate surface area is 123 Å². The largest absolute Gasteiger partial charge is 0.380 e. The van der Waals surface area contributed by atoms with Crippen LogP contribution in [0.15, 0.2) is 18.3 Å². The van der Waals surface area contributed by atoms with Crippen molar-refractivity contribution in [2.45, 2.75) is 40.2 Å². The van der Waals surface area contributed by atoms with Crippen molar-refractivity contribution in [1.29, 1.82) is 0 Å². The molecule has 0 aliphatic heterocycles. The van der Waals surface area contributed by atoms with Gasteiger partial charge in [0.2, 0.25) is 0 Å². The van der Waals surface area contributed by atoms with Crippen LogP contribution in [0.5, 0.6) is 0 Å². The summed E-state index contributed by atoms with van der Waals surface area (Å²) in [4.78, 5) is 6.87. The average Bonchev–Trinajstić information content (AvgIpc) is 2.49. The molecule has 0 fully saturated rings. The van der Waals surface area contributed by atoms with Gasteiger partial charge in [0.05, 0.1) is 24.2 Å². The summed E-state index contributed by atoms with van der Waals surface area (Å²) < 4.78 is 5.42. The summed E-state index contributed by atoms with van der Waals surface area (Å²) in [5, 5.41) is 3.46. The van der Waals surface area contributed by atoms with Crippen LogP contribution in [-0.2, 0) is 4.74 Å². The van der Waals surface area contributed by atoms with E-state index in [1.54, 1.807) is 0 Å². The van der Waals surface area contributed by atoms with Gasteiger partial charge in [0.15, 0.2) is 0 Å². The molecular weight excluding hydrogens is 250 g/mol. The Kier molecular flexibility index (Phi) is 8.23. The van der Waals surface area contributed by atoms with Gasteiger partial charge in [0.1, 0.15) is 0 Å². The van der Waals surface area contributed by atoms with Crippen LogP contribution in [0.4, 0.5) is 5.69 Å². The molecule has 4 nitrogen and oxygen atoms in total. The van der Waals surface area contributed by atoms with E-state index >= 15 is 0 Å². The number of likely N-dealkylation sites (N-methyl/N-ethyl adjacent to an activating group) is 1. The van der Waals surface area contributed by atoms with E-state index in [1.165, 1.54) is 5.69 Å². The molecule has 0 spiro atoms. The molecule has 1 unspecified atom stereocenters. The van der Waals surface area contributed by atoms with Crippen molar-refractivity contribution in [3.05, 3.63) is 24.0 Å². The molecule has 0 aliphatic carbocycles. The third-order valence-corrected chi connectivity index (χ3v) is 3.37. The fourth-order valence-electron chi connectivity index (χ4n) is 2.09. The van der Waals surface area contributed by atoms with Crippen LogP contribution < -0.4 is 10.2 Å². The predicted octanol–water partition coefficient (Wildman–Crippen LogP) is 3.01. The minimum atomic E-state index is 0.308. The Morgan fingerprint density at radius 3 is 2.65 bits per heavy atom. The zero-order valence-electron chi connectivity index (χ0n) is 13.4. The second-order valence-electron chi connectivity index (χ2n) is 4.89. The maximum absolute atomic E-state index is 5.42. The molecule has 0 saturated heterocycles. The molecule has 20 heavy (non-hydrogen) atoms. The molecule has 1 N–H and O–H groups in total. The number of pyridine rings is 1. The average molecular weight is 279 g/mol. The minimum Gasteiger partial charge on any atom is -0.380 e. The number of aromatic nitrogens is 1. The first-order valence-electron chi connectivity index (χ1n) is 7.74. The molecule has 1 aromatic rings. The summed E-state index contributed by atoms with van der Waals surface area (Å²) in [6, 6.07) is 4.58. The number of hydrogen-bond acceptors (Lipinski definition) is 4. The van der Waals surface area contributed by atoms with Gasteiger partial charge in [0.25, 0.3) is 0 Å². The van der Waals surface area contributed by atoms with Crippen molar-refractivity contribution in [2.24, 2.45) is 0 Å². The van der Waals surface area contributed by atoms with Gasteiger partial charge < -0.3 is 15.0 Å². The molecule has 1 rings (SSSR count). The molecule has 0 aliphatic rings. The van der Waals surface area contributed by atoms with E-state index in [0.717, 1.165) is 45.0 Å². The van der Waals surface area contributed by atoms with Gasteiger partial charge in [-0.2, -0.15) is 0 Å². The van der Waals surface area contributed by atoms with Gasteiger partial charge in [-0.05, 0) is 45.9 Å². The van der Waals surface area contributed by atoms with Crippen LogP contribution in [0.1, 0.15) is 45.9 Å². The highest BCUT2D eigenvalue weighted by Crippen LogP contribution is 2.16. The van der Waals surface area contributed by atoms with Crippen LogP contribution >= 0.6 is 0 Å². The summed E-state index contributed by atoms with van der Waals surface area (Å²) in [6.07, 6.45) is 3.11. The van der Waals surface area contributed by atoms with Crippen molar-refractivity contribution >= 4 is 5.69 Å². The lowest BCUT2D eigenvalue weighted by atomic mass is 10.2. The summed E-state index contributed by atoms with van der Waals surface area (Å²) in [7, 11) is 0. The van der Waals surface area contributed by atoms with Crippen LogP contribution in [0.2, 0.25) is 0 Å². The number of anilines is 1. The summed E-state index contributed by atoms with van der Waals surface area (Å²) in [5.74, 6) is 0. The van der Waals surface area contributed by atoms with E-state index in [4.69, 9.17) is 4.74 Å². The molecule has 1 heterocycles. The highest BCUT2D eigenvalue weighted by atomic mass is 16.5. The molecule has 0 saturated carbocycles. The molecule has 1 atom stereocenters. The predicted molar refractivity (Wildman–Crippen MR) is 85.3 cm³/mol. The molecule has 0 amide bonds. The quantitative estimate of drug-likeness (QED) is 0.668. The van der Waals surface area contributed by atoms with E-state index in [1.807, 2.05) is 13.1 Å². The fraction of sp³-hybridized carbons (Fsp3) is 0.688. The summed E-state index contributed by atoms with van der Waals surface area (Å²) in [5.41, 5.74) is 2.27. The maximum atomic E-state index is 5.42. The van der Waals surface area contributed by atoms with E-state index in [9.17, 15) is 0 Å². The molecule has 4 heteroatoms. The van der Waals surface area contributed by atoms with Crippen LogP contribution in [-0.4, -0.2) is 37.8 Å². The normalized spacial score (nSPS) is 12.4. The smallest absolute Gasteiger partial charge is 0.0641 e. The topological polar surface area (TPSA) is 37.4 Å². The molecular formula is C16H29N3O. The van der Waals surface area contributed by atoms with E-state index < -0.39 is 0 Å².